The number of nitrogens with zero attached hydrogens (tertiary/aromatic N) is 4. The molecule has 1 aromatic heterocycles. The monoisotopic (exact) mass is 595 g/mol. The van der Waals surface area contributed by atoms with Crippen LogP contribution < -0.4 is 10.2 Å². The maximum absolute atomic E-state index is 12.8. The topological polar surface area (TPSA) is 68.4 Å². The summed E-state index contributed by atoms with van der Waals surface area (Å²) >= 11 is 1.54. The smallest absolute Gasteiger partial charge is 0.410 e. The van der Waals surface area contributed by atoms with Crippen molar-refractivity contribution in [1.29, 1.82) is 0 Å². The van der Waals surface area contributed by atoms with Gasteiger partial charge in [-0.3, -0.25) is 4.79 Å². The van der Waals surface area contributed by atoms with Crippen molar-refractivity contribution in [2.75, 3.05) is 70.3 Å². The predicted octanol–water partition coefficient (Wildman–Crippen LogP) is 5.54. The zero-order valence-corrected chi connectivity index (χ0v) is 26.6. The number of amides is 2. The summed E-state index contributed by atoms with van der Waals surface area (Å²) in [5.74, 6) is 0.0227. The quantitative estimate of drug-likeness (QED) is 0.404. The Morgan fingerprint density at radius 3 is 2.24 bits per heavy atom. The number of piperidine rings is 2. The SMILES string of the molecule is CC(C)(C)OC(=O)N1CCN(c2ccc(-c3ccc(C(=O)NCCCN4CCC(N5CCCCC5)CC4)s3)cc2)CC1. The first-order chi connectivity index (χ1) is 20.2. The average Bonchev–Trinajstić information content (AvgIpc) is 3.50. The number of benzene rings is 1. The molecule has 0 unspecified atom stereocenters. The van der Waals surface area contributed by atoms with Gasteiger partial charge in [0.05, 0.1) is 4.88 Å². The molecule has 4 heterocycles. The van der Waals surface area contributed by atoms with Crippen LogP contribution in [0.1, 0.15) is 69.0 Å². The molecular formula is C33H49N5O3S. The Labute approximate surface area is 256 Å². The van der Waals surface area contributed by atoms with E-state index in [-0.39, 0.29) is 12.0 Å². The highest BCUT2D eigenvalue weighted by Crippen LogP contribution is 2.30. The van der Waals surface area contributed by atoms with Gasteiger partial charge < -0.3 is 29.7 Å². The zero-order valence-electron chi connectivity index (χ0n) is 25.8. The Bertz CT molecular complexity index is 1160. The predicted molar refractivity (Wildman–Crippen MR) is 172 cm³/mol. The fourth-order valence-electron chi connectivity index (χ4n) is 6.31. The van der Waals surface area contributed by atoms with E-state index in [0.717, 1.165) is 53.1 Å². The summed E-state index contributed by atoms with van der Waals surface area (Å²) in [4.78, 5) is 36.4. The Balaban J connectivity index is 1.01. The highest BCUT2D eigenvalue weighted by atomic mass is 32.1. The van der Waals surface area contributed by atoms with E-state index in [0.29, 0.717) is 19.6 Å². The van der Waals surface area contributed by atoms with Crippen molar-refractivity contribution in [2.45, 2.75) is 70.9 Å². The van der Waals surface area contributed by atoms with Crippen LogP contribution in [0.3, 0.4) is 0 Å². The molecule has 2 amide bonds. The molecule has 8 nitrogen and oxygen atoms in total. The highest BCUT2D eigenvalue weighted by molar-refractivity contribution is 7.17. The number of ether oxygens (including phenoxy) is 1. The number of rotatable bonds is 8. The van der Waals surface area contributed by atoms with Gasteiger partial charge in [0.2, 0.25) is 0 Å². The molecule has 0 atom stereocenters. The van der Waals surface area contributed by atoms with Crippen molar-refractivity contribution in [3.8, 4) is 10.4 Å². The maximum Gasteiger partial charge on any atom is 0.410 e. The summed E-state index contributed by atoms with van der Waals surface area (Å²) in [6.07, 6.45) is 7.47. The molecule has 0 radical (unpaired) electrons. The van der Waals surface area contributed by atoms with E-state index < -0.39 is 5.60 Å². The van der Waals surface area contributed by atoms with Gasteiger partial charge in [0.1, 0.15) is 5.60 Å². The Kier molecular flexibility index (Phi) is 10.4. The van der Waals surface area contributed by atoms with Crippen molar-refractivity contribution in [3.05, 3.63) is 41.3 Å². The van der Waals surface area contributed by atoms with Crippen molar-refractivity contribution >= 4 is 29.0 Å². The van der Waals surface area contributed by atoms with Gasteiger partial charge >= 0.3 is 6.09 Å². The number of piperazine rings is 1. The number of hydrogen-bond acceptors (Lipinski definition) is 7. The average molecular weight is 596 g/mol. The molecule has 1 N–H and O–H groups in total. The van der Waals surface area contributed by atoms with Gasteiger partial charge in [-0.2, -0.15) is 0 Å². The fourth-order valence-corrected chi connectivity index (χ4v) is 7.24. The lowest BCUT2D eigenvalue weighted by Crippen LogP contribution is -2.50. The van der Waals surface area contributed by atoms with Crippen molar-refractivity contribution in [1.82, 2.24) is 20.0 Å². The minimum absolute atomic E-state index is 0.0227. The Morgan fingerprint density at radius 1 is 0.881 bits per heavy atom. The van der Waals surface area contributed by atoms with E-state index in [2.05, 4.69) is 44.3 Å². The molecule has 9 heteroatoms. The van der Waals surface area contributed by atoms with Crippen LogP contribution >= 0.6 is 11.3 Å². The molecule has 2 aromatic rings. The summed E-state index contributed by atoms with van der Waals surface area (Å²) in [6, 6.07) is 13.3. The molecular weight excluding hydrogens is 546 g/mol. The second-order valence-electron chi connectivity index (χ2n) is 12.9. The molecule has 3 aliphatic heterocycles. The van der Waals surface area contributed by atoms with Gasteiger partial charge in [-0.1, -0.05) is 18.6 Å². The molecule has 230 valence electrons. The maximum atomic E-state index is 12.8. The van der Waals surface area contributed by atoms with Crippen LogP contribution in [0, 0.1) is 0 Å². The summed E-state index contributed by atoms with van der Waals surface area (Å²) in [5, 5.41) is 3.13. The summed E-state index contributed by atoms with van der Waals surface area (Å²) in [6.45, 7) is 15.3. The van der Waals surface area contributed by atoms with Gasteiger partial charge in [-0.15, -0.1) is 11.3 Å². The van der Waals surface area contributed by atoms with E-state index in [4.69, 9.17) is 4.74 Å². The van der Waals surface area contributed by atoms with Gasteiger partial charge in [-0.05, 0) is 115 Å². The van der Waals surface area contributed by atoms with Gasteiger partial charge in [-0.25, -0.2) is 4.79 Å². The minimum Gasteiger partial charge on any atom is -0.444 e. The molecule has 3 saturated heterocycles. The minimum atomic E-state index is -0.476. The number of nitrogens with one attached hydrogen (secondary N) is 1. The van der Waals surface area contributed by atoms with Gasteiger partial charge in [0.25, 0.3) is 5.91 Å². The first-order valence-corrected chi connectivity index (χ1v) is 16.7. The Morgan fingerprint density at radius 2 is 1.57 bits per heavy atom. The molecule has 3 aliphatic rings. The second kappa shape index (κ2) is 14.2. The van der Waals surface area contributed by atoms with Crippen molar-refractivity contribution in [2.24, 2.45) is 0 Å². The lowest BCUT2D eigenvalue weighted by Gasteiger charge is -2.40. The number of likely N-dealkylation sites (tertiary alicyclic amines) is 2. The lowest BCUT2D eigenvalue weighted by atomic mass is 10.00. The number of hydrogen-bond donors (Lipinski definition) is 1. The molecule has 5 rings (SSSR count). The van der Waals surface area contributed by atoms with E-state index in [1.807, 2.05) is 32.9 Å². The molecule has 0 spiro atoms. The number of carbonyl (C=O) groups excluding carboxylic acids is 2. The summed E-state index contributed by atoms with van der Waals surface area (Å²) < 4.78 is 5.51. The van der Waals surface area contributed by atoms with Crippen LogP contribution in [0.25, 0.3) is 10.4 Å². The largest absolute Gasteiger partial charge is 0.444 e. The first kappa shape index (κ1) is 30.8. The normalized spacial score (nSPS) is 19.6. The number of anilines is 1. The van der Waals surface area contributed by atoms with Gasteiger partial charge in [0, 0.05) is 49.3 Å². The van der Waals surface area contributed by atoms with Crippen LogP contribution in [0.2, 0.25) is 0 Å². The van der Waals surface area contributed by atoms with Crippen molar-refractivity contribution < 1.29 is 14.3 Å². The van der Waals surface area contributed by atoms with E-state index in [9.17, 15) is 9.59 Å². The van der Waals surface area contributed by atoms with E-state index >= 15 is 0 Å². The molecule has 1 aromatic carbocycles. The molecule has 3 fully saturated rings. The molecule has 42 heavy (non-hydrogen) atoms. The van der Waals surface area contributed by atoms with Gasteiger partial charge in [0.15, 0.2) is 0 Å². The highest BCUT2D eigenvalue weighted by Gasteiger charge is 2.27. The van der Waals surface area contributed by atoms with Crippen LogP contribution in [-0.4, -0.2) is 104 Å². The van der Waals surface area contributed by atoms with Crippen LogP contribution in [-0.2, 0) is 4.74 Å². The first-order valence-electron chi connectivity index (χ1n) is 15.9. The third kappa shape index (κ3) is 8.48. The lowest BCUT2D eigenvalue weighted by molar-refractivity contribution is 0.0240. The van der Waals surface area contributed by atoms with E-state index in [1.165, 1.54) is 58.3 Å². The third-order valence-electron chi connectivity index (χ3n) is 8.68. The summed E-state index contributed by atoms with van der Waals surface area (Å²) in [7, 11) is 0. The number of carbonyl (C=O) groups is 2. The molecule has 0 bridgehead atoms. The van der Waals surface area contributed by atoms with E-state index in [1.54, 1.807) is 16.2 Å². The van der Waals surface area contributed by atoms with Crippen LogP contribution in [0.5, 0.6) is 0 Å². The standard InChI is InChI=1S/C33H49N5O3S/c1-33(2,3)41-32(40)38-24-22-37(23-25-38)27-10-8-26(9-11-27)29-12-13-30(42-29)31(39)34-16-7-17-35-20-14-28(15-21-35)36-18-5-4-6-19-36/h8-13,28H,4-7,14-25H2,1-3H3,(H,34,39). The zero-order chi connectivity index (χ0) is 29.5. The second-order valence-corrected chi connectivity index (χ2v) is 14.0. The number of thiophene rings is 1. The molecule has 0 saturated carbocycles. The fraction of sp³-hybridized carbons (Fsp3) is 0.636. The third-order valence-corrected chi connectivity index (χ3v) is 9.81. The Hall–Kier alpha value is -2.62. The van der Waals surface area contributed by atoms with Crippen molar-refractivity contribution in [3.63, 3.8) is 0 Å². The van der Waals surface area contributed by atoms with Crippen LogP contribution in [0.4, 0.5) is 10.5 Å². The van der Waals surface area contributed by atoms with Crippen LogP contribution in [0.15, 0.2) is 36.4 Å². The molecule has 0 aliphatic carbocycles. The summed E-state index contributed by atoms with van der Waals surface area (Å²) in [5.41, 5.74) is 1.78.